The minimum Gasteiger partial charge on any atom is -0.462 e. The molecule has 0 aliphatic heterocycles. The van der Waals surface area contributed by atoms with E-state index >= 15 is 0 Å². The number of hydrogen-bond donors (Lipinski definition) is 0. The van der Waals surface area contributed by atoms with Crippen LogP contribution in [-0.2, 0) is 9.53 Å². The topological polar surface area (TPSA) is 52.6 Å². The molecule has 1 atom stereocenters. The summed E-state index contributed by atoms with van der Waals surface area (Å²) in [5.74, 6) is 0.681. The lowest BCUT2D eigenvalue weighted by molar-refractivity contribution is -0.134. The molecular weight excluding hydrogens is 496 g/mol. The van der Waals surface area contributed by atoms with Crippen LogP contribution in [0, 0.1) is 5.92 Å². The first kappa shape index (κ1) is 33.6. The number of hydrogen-bond acceptors (Lipinski definition) is 4. The van der Waals surface area contributed by atoms with Crippen molar-refractivity contribution in [2.75, 3.05) is 6.61 Å². The van der Waals surface area contributed by atoms with Crippen LogP contribution in [0.25, 0.3) is 11.1 Å². The largest absolute Gasteiger partial charge is 0.462 e. The summed E-state index contributed by atoms with van der Waals surface area (Å²) >= 11 is 0. The molecule has 2 rings (SSSR count). The molecule has 2 aromatic carbocycles. The van der Waals surface area contributed by atoms with Gasteiger partial charge in [0.25, 0.3) is 0 Å². The van der Waals surface area contributed by atoms with Crippen molar-refractivity contribution in [3.8, 4) is 16.9 Å². The van der Waals surface area contributed by atoms with Crippen molar-refractivity contribution in [2.24, 2.45) is 5.92 Å². The van der Waals surface area contributed by atoms with Gasteiger partial charge in [-0.2, -0.15) is 0 Å². The Hall–Kier alpha value is -2.62. The molecule has 0 saturated heterocycles. The van der Waals surface area contributed by atoms with Crippen molar-refractivity contribution < 1.29 is 19.1 Å². The highest BCUT2D eigenvalue weighted by atomic mass is 16.5. The average molecular weight is 551 g/mol. The Morgan fingerprint density at radius 3 is 1.62 bits per heavy atom. The summed E-state index contributed by atoms with van der Waals surface area (Å²) in [5, 5.41) is 0. The number of esters is 2. The van der Waals surface area contributed by atoms with Gasteiger partial charge in [-0.1, -0.05) is 135 Å². The Morgan fingerprint density at radius 2 is 1.12 bits per heavy atom. The molecule has 4 heteroatoms. The first-order valence-electron chi connectivity index (χ1n) is 16.1. The number of benzene rings is 2. The predicted molar refractivity (Wildman–Crippen MR) is 167 cm³/mol. The number of carbonyl (C=O) groups is 2. The van der Waals surface area contributed by atoms with E-state index in [2.05, 4.69) is 20.8 Å². The molecule has 0 heterocycles. The predicted octanol–water partition coefficient (Wildman–Crippen LogP) is 10.7. The van der Waals surface area contributed by atoms with Gasteiger partial charge in [0.15, 0.2) is 0 Å². The zero-order valence-corrected chi connectivity index (χ0v) is 25.6. The Morgan fingerprint density at radius 1 is 0.650 bits per heavy atom. The van der Waals surface area contributed by atoms with E-state index in [0.717, 1.165) is 36.8 Å². The van der Waals surface area contributed by atoms with E-state index in [1.165, 1.54) is 77.0 Å². The van der Waals surface area contributed by atoms with Gasteiger partial charge >= 0.3 is 11.9 Å². The quantitative estimate of drug-likeness (QED) is 0.0831. The van der Waals surface area contributed by atoms with Gasteiger partial charge in [-0.25, -0.2) is 4.79 Å². The van der Waals surface area contributed by atoms with Crippen LogP contribution in [0.1, 0.15) is 140 Å². The first-order valence-corrected chi connectivity index (χ1v) is 16.1. The monoisotopic (exact) mass is 550 g/mol. The fourth-order valence-corrected chi connectivity index (χ4v) is 4.80. The summed E-state index contributed by atoms with van der Waals surface area (Å²) in [4.78, 5) is 24.5. The Kier molecular flexibility index (Phi) is 17.8. The maximum absolute atomic E-state index is 12.3. The maximum atomic E-state index is 12.3. The van der Waals surface area contributed by atoms with E-state index < -0.39 is 0 Å². The lowest BCUT2D eigenvalue weighted by atomic mass is 10.0. The Bertz CT molecular complexity index is 932. The zero-order valence-electron chi connectivity index (χ0n) is 25.6. The smallest absolute Gasteiger partial charge is 0.338 e. The van der Waals surface area contributed by atoms with Gasteiger partial charge in [0, 0.05) is 6.42 Å². The number of rotatable bonds is 22. The summed E-state index contributed by atoms with van der Waals surface area (Å²) in [7, 11) is 0. The van der Waals surface area contributed by atoms with Gasteiger partial charge in [0.05, 0.1) is 12.2 Å². The van der Waals surface area contributed by atoms with Crippen molar-refractivity contribution in [3.63, 3.8) is 0 Å². The molecule has 40 heavy (non-hydrogen) atoms. The van der Waals surface area contributed by atoms with Crippen LogP contribution >= 0.6 is 0 Å². The van der Waals surface area contributed by atoms with E-state index in [1.54, 1.807) is 12.1 Å². The van der Waals surface area contributed by atoms with Crippen LogP contribution in [0.5, 0.6) is 5.75 Å². The average Bonchev–Trinajstić information content (AvgIpc) is 2.97. The standard InChI is InChI=1S/C36H54O4/c1-4-6-7-8-9-10-11-12-13-14-15-16-17-18-19-35(37)40-34-26-24-32(25-27-34)31-20-22-33(23-21-31)36(38)39-29-28-30(3)5-2/h20-27,30H,4-19,28-29H2,1-3H3. The highest BCUT2D eigenvalue weighted by Crippen LogP contribution is 2.24. The molecule has 0 aromatic heterocycles. The van der Waals surface area contributed by atoms with Gasteiger partial charge in [-0.05, 0) is 54.2 Å². The molecule has 1 unspecified atom stereocenters. The molecule has 4 nitrogen and oxygen atoms in total. The van der Waals surface area contributed by atoms with Crippen LogP contribution in [-0.4, -0.2) is 18.5 Å². The van der Waals surface area contributed by atoms with Gasteiger partial charge in [0.2, 0.25) is 0 Å². The summed E-state index contributed by atoms with van der Waals surface area (Å²) in [6, 6.07) is 15.0. The molecule has 0 amide bonds. The molecule has 2 aromatic rings. The Balaban J connectivity index is 1.56. The Labute approximate surface area is 244 Å². The van der Waals surface area contributed by atoms with E-state index in [-0.39, 0.29) is 11.9 Å². The van der Waals surface area contributed by atoms with Crippen LogP contribution in [0.15, 0.2) is 48.5 Å². The van der Waals surface area contributed by atoms with E-state index in [4.69, 9.17) is 9.47 Å². The lowest BCUT2D eigenvalue weighted by Crippen LogP contribution is -2.08. The SMILES string of the molecule is CCCCCCCCCCCCCCCCC(=O)Oc1ccc(-c2ccc(C(=O)OCCC(C)CC)cc2)cc1. The van der Waals surface area contributed by atoms with Crippen LogP contribution in [0.2, 0.25) is 0 Å². The summed E-state index contributed by atoms with van der Waals surface area (Å²) in [6.45, 7) is 7.03. The summed E-state index contributed by atoms with van der Waals surface area (Å²) in [6.07, 6.45) is 20.7. The van der Waals surface area contributed by atoms with Gasteiger partial charge in [-0.15, -0.1) is 0 Å². The number of unbranched alkanes of at least 4 members (excludes halogenated alkanes) is 13. The normalized spacial score (nSPS) is 11.8. The molecule has 0 bridgehead atoms. The zero-order chi connectivity index (χ0) is 28.8. The molecule has 0 fully saturated rings. The summed E-state index contributed by atoms with van der Waals surface area (Å²) < 4.78 is 10.9. The lowest BCUT2D eigenvalue weighted by Gasteiger charge is -2.09. The van der Waals surface area contributed by atoms with Crippen molar-refractivity contribution in [1.29, 1.82) is 0 Å². The van der Waals surface area contributed by atoms with Crippen molar-refractivity contribution in [2.45, 2.75) is 130 Å². The molecule has 0 N–H and O–H groups in total. The molecule has 222 valence electrons. The van der Waals surface area contributed by atoms with E-state index in [9.17, 15) is 9.59 Å². The van der Waals surface area contributed by atoms with Crippen LogP contribution in [0.3, 0.4) is 0 Å². The van der Waals surface area contributed by atoms with Crippen LogP contribution < -0.4 is 4.74 Å². The molecule has 0 aliphatic carbocycles. The minimum absolute atomic E-state index is 0.164. The maximum Gasteiger partial charge on any atom is 0.338 e. The van der Waals surface area contributed by atoms with E-state index in [1.807, 2.05) is 36.4 Å². The highest BCUT2D eigenvalue weighted by Gasteiger charge is 2.09. The molecular formula is C36H54O4. The fraction of sp³-hybridized carbons (Fsp3) is 0.611. The van der Waals surface area contributed by atoms with E-state index in [0.29, 0.717) is 30.3 Å². The third kappa shape index (κ3) is 14.7. The van der Waals surface area contributed by atoms with Crippen molar-refractivity contribution in [1.82, 2.24) is 0 Å². The van der Waals surface area contributed by atoms with Gasteiger partial charge in [-0.3, -0.25) is 4.79 Å². The highest BCUT2D eigenvalue weighted by molar-refractivity contribution is 5.90. The first-order chi connectivity index (χ1) is 19.5. The van der Waals surface area contributed by atoms with Gasteiger partial charge in [0.1, 0.15) is 5.75 Å². The third-order valence-corrected chi connectivity index (χ3v) is 7.82. The van der Waals surface area contributed by atoms with Gasteiger partial charge < -0.3 is 9.47 Å². The van der Waals surface area contributed by atoms with Crippen LogP contribution in [0.4, 0.5) is 0 Å². The molecule has 0 radical (unpaired) electrons. The molecule has 0 aliphatic rings. The number of ether oxygens (including phenoxy) is 2. The summed E-state index contributed by atoms with van der Waals surface area (Å²) in [5.41, 5.74) is 2.56. The minimum atomic E-state index is -0.282. The van der Waals surface area contributed by atoms with Crippen molar-refractivity contribution >= 4 is 11.9 Å². The van der Waals surface area contributed by atoms with Crippen molar-refractivity contribution in [3.05, 3.63) is 54.1 Å². The number of carbonyl (C=O) groups excluding carboxylic acids is 2. The second-order valence-electron chi connectivity index (χ2n) is 11.4. The second-order valence-corrected chi connectivity index (χ2v) is 11.4. The second kappa shape index (κ2) is 21.2. The molecule has 0 spiro atoms. The third-order valence-electron chi connectivity index (χ3n) is 7.82. The molecule has 0 saturated carbocycles. The fourth-order valence-electron chi connectivity index (χ4n) is 4.80.